The predicted octanol–water partition coefficient (Wildman–Crippen LogP) is 1.85. The maximum atomic E-state index is 11.8. The fourth-order valence-corrected chi connectivity index (χ4v) is 2.00. The third-order valence-electron chi connectivity index (χ3n) is 2.88. The summed E-state index contributed by atoms with van der Waals surface area (Å²) >= 11 is 0. The van der Waals surface area contributed by atoms with Crippen LogP contribution in [0.15, 0.2) is 0 Å². The number of hydrogen-bond donors (Lipinski definition) is 1. The zero-order chi connectivity index (χ0) is 12.3. The number of ether oxygens (including phenoxy) is 1. The molecule has 0 aromatic carbocycles. The quantitative estimate of drug-likeness (QED) is 0.801. The minimum Gasteiger partial charge on any atom is -0.444 e. The second-order valence-corrected chi connectivity index (χ2v) is 5.56. The Morgan fingerprint density at radius 2 is 2.19 bits per heavy atom. The van der Waals surface area contributed by atoms with Gasteiger partial charge < -0.3 is 15.0 Å². The number of nitrogens with zero attached hydrogens (tertiary/aromatic N) is 1. The Hall–Kier alpha value is -0.770. The van der Waals surface area contributed by atoms with Crippen LogP contribution in [0.3, 0.4) is 0 Å². The lowest BCUT2D eigenvalue weighted by Crippen LogP contribution is -2.56. The van der Waals surface area contributed by atoms with Crippen molar-refractivity contribution >= 4 is 6.09 Å². The second kappa shape index (κ2) is 5.04. The Morgan fingerprint density at radius 1 is 1.56 bits per heavy atom. The summed E-state index contributed by atoms with van der Waals surface area (Å²) in [6, 6.07) is 0.335. The molecular formula is C12H24N2O2. The van der Waals surface area contributed by atoms with Crippen LogP contribution in [0.2, 0.25) is 0 Å². The van der Waals surface area contributed by atoms with Gasteiger partial charge in [0.05, 0.1) is 0 Å². The molecule has 0 radical (unpaired) electrons. The van der Waals surface area contributed by atoms with E-state index in [0.717, 1.165) is 19.5 Å². The zero-order valence-electron chi connectivity index (χ0n) is 11.0. The molecule has 4 heteroatoms. The van der Waals surface area contributed by atoms with E-state index in [9.17, 15) is 4.79 Å². The molecule has 1 saturated heterocycles. The zero-order valence-corrected chi connectivity index (χ0v) is 11.0. The van der Waals surface area contributed by atoms with Crippen LogP contribution in [0.1, 0.15) is 34.1 Å². The molecule has 0 bridgehead atoms. The van der Waals surface area contributed by atoms with Gasteiger partial charge in [0.2, 0.25) is 0 Å². The summed E-state index contributed by atoms with van der Waals surface area (Å²) in [5, 5.41) is 3.15. The molecule has 2 unspecified atom stereocenters. The summed E-state index contributed by atoms with van der Waals surface area (Å²) < 4.78 is 5.37. The van der Waals surface area contributed by atoms with Gasteiger partial charge in [0.1, 0.15) is 5.60 Å². The average Bonchev–Trinajstić information content (AvgIpc) is 1.97. The second-order valence-electron chi connectivity index (χ2n) is 5.56. The fraction of sp³-hybridized carbons (Fsp3) is 0.917. The van der Waals surface area contributed by atoms with E-state index in [1.165, 1.54) is 0 Å². The fourth-order valence-electron chi connectivity index (χ4n) is 2.00. The molecule has 0 aromatic heterocycles. The maximum absolute atomic E-state index is 11.8. The molecule has 2 atom stereocenters. The highest BCUT2D eigenvalue weighted by Gasteiger charge is 2.37. The van der Waals surface area contributed by atoms with Crippen LogP contribution in [0.4, 0.5) is 4.79 Å². The molecule has 0 spiro atoms. The molecule has 1 aliphatic heterocycles. The highest BCUT2D eigenvalue weighted by Crippen LogP contribution is 2.26. The first-order valence-electron chi connectivity index (χ1n) is 5.99. The maximum Gasteiger partial charge on any atom is 0.410 e. The first-order chi connectivity index (χ1) is 7.35. The Bertz CT molecular complexity index is 248. The molecule has 1 N–H and O–H groups in total. The first-order valence-corrected chi connectivity index (χ1v) is 5.99. The van der Waals surface area contributed by atoms with Crippen LogP contribution in [0, 0.1) is 5.92 Å². The van der Waals surface area contributed by atoms with Gasteiger partial charge in [0, 0.05) is 12.6 Å². The standard InChI is InChI=1S/C12H24N2O2/c1-9(8-13-5)10-6-7-14(10)11(15)16-12(2,3)4/h9-10,13H,6-8H2,1-5H3. The monoisotopic (exact) mass is 228 g/mol. The topological polar surface area (TPSA) is 41.6 Å². The van der Waals surface area contributed by atoms with Crippen LogP contribution in [0.25, 0.3) is 0 Å². The normalized spacial score (nSPS) is 22.6. The highest BCUT2D eigenvalue weighted by molar-refractivity contribution is 5.69. The van der Waals surface area contributed by atoms with E-state index < -0.39 is 5.60 Å². The molecular weight excluding hydrogens is 204 g/mol. The van der Waals surface area contributed by atoms with Crippen molar-refractivity contribution in [3.8, 4) is 0 Å². The molecule has 0 aliphatic carbocycles. The van der Waals surface area contributed by atoms with Crippen LogP contribution in [0.5, 0.6) is 0 Å². The van der Waals surface area contributed by atoms with Crippen LogP contribution in [-0.4, -0.2) is 42.8 Å². The van der Waals surface area contributed by atoms with Gasteiger partial charge in [0.25, 0.3) is 0 Å². The van der Waals surface area contributed by atoms with Gasteiger partial charge in [-0.25, -0.2) is 4.79 Å². The van der Waals surface area contributed by atoms with Gasteiger partial charge in [-0.15, -0.1) is 0 Å². The van der Waals surface area contributed by atoms with Gasteiger partial charge in [0.15, 0.2) is 0 Å². The van der Waals surface area contributed by atoms with Crippen molar-refractivity contribution in [3.63, 3.8) is 0 Å². The SMILES string of the molecule is CNCC(C)C1CCN1C(=O)OC(C)(C)C. The van der Waals surface area contributed by atoms with Gasteiger partial charge >= 0.3 is 6.09 Å². The number of rotatable bonds is 3. The van der Waals surface area contributed by atoms with Crippen molar-refractivity contribution in [1.29, 1.82) is 0 Å². The number of likely N-dealkylation sites (tertiary alicyclic amines) is 1. The van der Waals surface area contributed by atoms with Crippen molar-refractivity contribution in [2.24, 2.45) is 5.92 Å². The molecule has 1 aliphatic rings. The third-order valence-corrected chi connectivity index (χ3v) is 2.88. The van der Waals surface area contributed by atoms with Gasteiger partial charge in [-0.2, -0.15) is 0 Å². The average molecular weight is 228 g/mol. The summed E-state index contributed by atoms with van der Waals surface area (Å²) in [6.45, 7) is 9.62. The Balaban J connectivity index is 2.46. The molecule has 0 saturated carbocycles. The largest absolute Gasteiger partial charge is 0.444 e. The molecule has 1 amide bonds. The van der Waals surface area contributed by atoms with E-state index in [4.69, 9.17) is 4.74 Å². The number of hydrogen-bond acceptors (Lipinski definition) is 3. The molecule has 1 fully saturated rings. The van der Waals surface area contributed by atoms with E-state index in [1.54, 1.807) is 0 Å². The van der Waals surface area contributed by atoms with Crippen molar-refractivity contribution in [1.82, 2.24) is 10.2 Å². The van der Waals surface area contributed by atoms with Gasteiger partial charge in [-0.3, -0.25) is 0 Å². The molecule has 1 heterocycles. The number of carbonyl (C=O) groups excluding carboxylic acids is 1. The van der Waals surface area contributed by atoms with Crippen LogP contribution < -0.4 is 5.32 Å². The Morgan fingerprint density at radius 3 is 2.56 bits per heavy atom. The lowest BCUT2D eigenvalue weighted by molar-refractivity contribution is -0.0158. The lowest BCUT2D eigenvalue weighted by atomic mass is 9.91. The summed E-state index contributed by atoms with van der Waals surface area (Å²) in [5.74, 6) is 0.478. The summed E-state index contributed by atoms with van der Waals surface area (Å²) in [5.41, 5.74) is -0.399. The predicted molar refractivity (Wildman–Crippen MR) is 64.4 cm³/mol. The smallest absolute Gasteiger partial charge is 0.410 e. The first kappa shape index (κ1) is 13.3. The molecule has 94 valence electrons. The Labute approximate surface area is 98.3 Å². The van der Waals surface area contributed by atoms with Crippen molar-refractivity contribution in [2.45, 2.75) is 45.8 Å². The van der Waals surface area contributed by atoms with E-state index >= 15 is 0 Å². The molecule has 1 rings (SSSR count). The Kier molecular flexibility index (Phi) is 4.19. The summed E-state index contributed by atoms with van der Waals surface area (Å²) in [7, 11) is 1.94. The minimum absolute atomic E-state index is 0.174. The van der Waals surface area contributed by atoms with E-state index in [-0.39, 0.29) is 6.09 Å². The van der Waals surface area contributed by atoms with Gasteiger partial charge in [-0.05, 0) is 46.7 Å². The van der Waals surface area contributed by atoms with Crippen LogP contribution >= 0.6 is 0 Å². The van der Waals surface area contributed by atoms with E-state index in [2.05, 4.69) is 12.2 Å². The van der Waals surface area contributed by atoms with Gasteiger partial charge in [-0.1, -0.05) is 6.92 Å². The van der Waals surface area contributed by atoms with E-state index in [1.807, 2.05) is 32.7 Å². The summed E-state index contributed by atoms with van der Waals surface area (Å²) in [6.07, 6.45) is 0.911. The van der Waals surface area contributed by atoms with Crippen molar-refractivity contribution < 1.29 is 9.53 Å². The number of amides is 1. The van der Waals surface area contributed by atoms with E-state index in [0.29, 0.717) is 12.0 Å². The van der Waals surface area contributed by atoms with Crippen LogP contribution in [-0.2, 0) is 4.74 Å². The third kappa shape index (κ3) is 3.37. The highest BCUT2D eigenvalue weighted by atomic mass is 16.6. The number of nitrogens with one attached hydrogen (secondary N) is 1. The molecule has 16 heavy (non-hydrogen) atoms. The number of carbonyl (C=O) groups is 1. The summed E-state index contributed by atoms with van der Waals surface area (Å²) in [4.78, 5) is 13.7. The molecule has 4 nitrogen and oxygen atoms in total. The molecule has 0 aromatic rings. The van der Waals surface area contributed by atoms with Crippen molar-refractivity contribution in [3.05, 3.63) is 0 Å². The van der Waals surface area contributed by atoms with Crippen molar-refractivity contribution in [2.75, 3.05) is 20.1 Å². The minimum atomic E-state index is -0.399. The lowest BCUT2D eigenvalue weighted by Gasteiger charge is -2.44.